The lowest BCUT2D eigenvalue weighted by Crippen LogP contribution is -2.45. The minimum absolute atomic E-state index is 0.195. The van der Waals surface area contributed by atoms with Gasteiger partial charge in [-0.15, -0.1) is 0 Å². The maximum atomic E-state index is 11.4. The SMILES string of the molecule is C[C@@H](OC(=O)[C@@H](N)CCOP(=O)(O)O)[C@H](N)C(=O)O. The van der Waals surface area contributed by atoms with Crippen molar-refractivity contribution in [2.24, 2.45) is 11.5 Å². The van der Waals surface area contributed by atoms with E-state index in [1.165, 1.54) is 6.92 Å². The van der Waals surface area contributed by atoms with E-state index >= 15 is 0 Å². The molecule has 11 heteroatoms. The maximum absolute atomic E-state index is 11.4. The van der Waals surface area contributed by atoms with Crippen LogP contribution in [0.4, 0.5) is 0 Å². The van der Waals surface area contributed by atoms with Gasteiger partial charge in [-0.25, -0.2) is 4.57 Å². The maximum Gasteiger partial charge on any atom is 0.469 e. The first-order valence-corrected chi connectivity index (χ1v) is 6.72. The number of carbonyl (C=O) groups excluding carboxylic acids is 1. The Bertz CT molecular complexity index is 370. The molecule has 0 aromatic rings. The summed E-state index contributed by atoms with van der Waals surface area (Å²) in [5.74, 6) is -2.27. The summed E-state index contributed by atoms with van der Waals surface area (Å²) in [5, 5.41) is 8.58. The van der Waals surface area contributed by atoms with Crippen LogP contribution in [0.3, 0.4) is 0 Å². The summed E-state index contributed by atoms with van der Waals surface area (Å²) in [7, 11) is -4.61. The summed E-state index contributed by atoms with van der Waals surface area (Å²) in [6, 6.07) is -2.59. The molecular formula is C8H17N2O8P. The fraction of sp³-hybridized carbons (Fsp3) is 0.750. The lowest BCUT2D eigenvalue weighted by molar-refractivity contribution is -0.155. The second kappa shape index (κ2) is 7.53. The van der Waals surface area contributed by atoms with Crippen molar-refractivity contribution < 1.29 is 38.3 Å². The van der Waals surface area contributed by atoms with Crippen molar-refractivity contribution in [3.63, 3.8) is 0 Å². The van der Waals surface area contributed by atoms with Crippen molar-refractivity contribution >= 4 is 19.8 Å². The van der Waals surface area contributed by atoms with Crippen LogP contribution in [0.15, 0.2) is 0 Å². The molecule has 0 radical (unpaired) electrons. The zero-order chi connectivity index (χ0) is 15.2. The number of aliphatic carboxylic acids is 1. The van der Waals surface area contributed by atoms with Crippen LogP contribution in [0.25, 0.3) is 0 Å². The molecule has 0 bridgehead atoms. The second-order valence-electron chi connectivity index (χ2n) is 3.72. The molecule has 0 spiro atoms. The van der Waals surface area contributed by atoms with Crippen LogP contribution < -0.4 is 11.5 Å². The smallest absolute Gasteiger partial charge is 0.469 e. The minimum Gasteiger partial charge on any atom is -0.480 e. The number of nitrogens with two attached hydrogens (primary N) is 2. The first kappa shape index (κ1) is 18.0. The van der Waals surface area contributed by atoms with Crippen molar-refractivity contribution in [1.82, 2.24) is 0 Å². The molecule has 3 atom stereocenters. The number of ether oxygens (including phenoxy) is 1. The van der Waals surface area contributed by atoms with E-state index in [0.717, 1.165) is 0 Å². The van der Waals surface area contributed by atoms with Gasteiger partial charge in [0, 0.05) is 0 Å². The van der Waals surface area contributed by atoms with E-state index in [9.17, 15) is 14.2 Å². The van der Waals surface area contributed by atoms with E-state index in [1.54, 1.807) is 0 Å². The number of phosphoric acid groups is 1. The van der Waals surface area contributed by atoms with Crippen LogP contribution >= 0.6 is 7.82 Å². The Balaban J connectivity index is 4.13. The van der Waals surface area contributed by atoms with Crippen LogP contribution in [0.1, 0.15) is 13.3 Å². The molecule has 112 valence electrons. The first-order valence-electron chi connectivity index (χ1n) is 5.19. The van der Waals surface area contributed by atoms with Crippen LogP contribution in [0, 0.1) is 0 Å². The summed E-state index contributed by atoms with van der Waals surface area (Å²) >= 11 is 0. The Hall–Kier alpha value is -1.03. The molecule has 0 fully saturated rings. The van der Waals surface area contributed by atoms with Gasteiger partial charge in [0.05, 0.1) is 6.61 Å². The van der Waals surface area contributed by atoms with Crippen molar-refractivity contribution in [3.05, 3.63) is 0 Å². The van der Waals surface area contributed by atoms with E-state index in [0.29, 0.717) is 0 Å². The molecule has 0 aromatic heterocycles. The molecule has 7 N–H and O–H groups in total. The number of hydrogen-bond acceptors (Lipinski definition) is 7. The van der Waals surface area contributed by atoms with Gasteiger partial charge in [-0.2, -0.15) is 0 Å². The summed E-state index contributed by atoms with van der Waals surface area (Å²) in [6.07, 6.45) is -1.28. The van der Waals surface area contributed by atoms with Gasteiger partial charge in [-0.05, 0) is 13.3 Å². The van der Waals surface area contributed by atoms with E-state index in [4.69, 9.17) is 31.1 Å². The van der Waals surface area contributed by atoms with Crippen molar-refractivity contribution in [2.45, 2.75) is 31.5 Å². The third-order valence-electron chi connectivity index (χ3n) is 2.08. The summed E-state index contributed by atoms with van der Waals surface area (Å²) in [5.41, 5.74) is 10.6. The van der Waals surface area contributed by atoms with Gasteiger partial charge in [-0.3, -0.25) is 14.1 Å². The summed E-state index contributed by atoms with van der Waals surface area (Å²) in [4.78, 5) is 38.7. The van der Waals surface area contributed by atoms with E-state index in [2.05, 4.69) is 4.52 Å². The largest absolute Gasteiger partial charge is 0.480 e. The van der Waals surface area contributed by atoms with Gasteiger partial charge >= 0.3 is 19.8 Å². The van der Waals surface area contributed by atoms with Crippen LogP contribution in [0.2, 0.25) is 0 Å². The molecule has 0 aromatic carbocycles. The number of esters is 1. The highest BCUT2D eigenvalue weighted by Crippen LogP contribution is 2.35. The molecular weight excluding hydrogens is 283 g/mol. The zero-order valence-corrected chi connectivity index (χ0v) is 11.0. The Morgan fingerprint density at radius 2 is 1.84 bits per heavy atom. The predicted octanol–water partition coefficient (Wildman–Crippen LogP) is -1.84. The first-order chi connectivity index (χ1) is 8.54. The van der Waals surface area contributed by atoms with Gasteiger partial charge in [-0.1, -0.05) is 0 Å². The fourth-order valence-corrected chi connectivity index (χ4v) is 1.30. The summed E-state index contributed by atoms with van der Waals surface area (Å²) < 4.78 is 19.2. The third kappa shape index (κ3) is 7.88. The lowest BCUT2D eigenvalue weighted by Gasteiger charge is -2.19. The normalized spacial score (nSPS) is 16.5. The monoisotopic (exact) mass is 300 g/mol. The number of rotatable bonds is 8. The number of carbonyl (C=O) groups is 2. The summed E-state index contributed by atoms with van der Waals surface area (Å²) in [6.45, 7) is 0.843. The molecule has 0 aliphatic rings. The Morgan fingerprint density at radius 3 is 2.26 bits per heavy atom. The number of phosphoric ester groups is 1. The van der Waals surface area contributed by atoms with Crippen molar-refractivity contribution in [2.75, 3.05) is 6.61 Å². The molecule has 0 saturated carbocycles. The molecule has 0 unspecified atom stereocenters. The number of carboxylic acids is 1. The molecule has 0 saturated heterocycles. The molecule has 19 heavy (non-hydrogen) atoms. The zero-order valence-electron chi connectivity index (χ0n) is 10.1. The third-order valence-corrected chi connectivity index (χ3v) is 2.60. The predicted molar refractivity (Wildman–Crippen MR) is 61.8 cm³/mol. The van der Waals surface area contributed by atoms with E-state index in [-0.39, 0.29) is 6.42 Å². The minimum atomic E-state index is -4.61. The number of carboxylic acid groups (broad SMARTS) is 1. The topological polar surface area (TPSA) is 182 Å². The van der Waals surface area contributed by atoms with E-state index in [1.807, 2.05) is 0 Å². The lowest BCUT2D eigenvalue weighted by atomic mass is 10.2. The highest BCUT2D eigenvalue weighted by Gasteiger charge is 2.26. The highest BCUT2D eigenvalue weighted by molar-refractivity contribution is 7.46. The van der Waals surface area contributed by atoms with Gasteiger partial charge in [0.2, 0.25) is 0 Å². The van der Waals surface area contributed by atoms with E-state index < -0.39 is 44.6 Å². The Labute approximate surface area is 108 Å². The molecule has 10 nitrogen and oxygen atoms in total. The van der Waals surface area contributed by atoms with Crippen molar-refractivity contribution in [1.29, 1.82) is 0 Å². The fourth-order valence-electron chi connectivity index (χ4n) is 0.961. The quantitative estimate of drug-likeness (QED) is 0.252. The van der Waals surface area contributed by atoms with Crippen LogP contribution in [-0.2, 0) is 23.4 Å². The highest BCUT2D eigenvalue weighted by atomic mass is 31.2. The van der Waals surface area contributed by atoms with Crippen molar-refractivity contribution in [3.8, 4) is 0 Å². The van der Waals surface area contributed by atoms with Crippen LogP contribution in [0.5, 0.6) is 0 Å². The number of hydrogen-bond donors (Lipinski definition) is 5. The second-order valence-corrected chi connectivity index (χ2v) is 4.96. The standard InChI is InChI=1S/C8H17N2O8P/c1-4(6(10)7(11)12)18-8(13)5(9)2-3-17-19(14,15)16/h4-6H,2-3,9-10H2,1H3,(H,11,12)(H2,14,15,16)/t4-,5+,6+/m1/s1. The Kier molecular flexibility index (Phi) is 7.12. The Morgan fingerprint density at radius 1 is 1.32 bits per heavy atom. The van der Waals surface area contributed by atoms with Gasteiger partial charge in [0.1, 0.15) is 18.2 Å². The average Bonchev–Trinajstić information content (AvgIpc) is 2.25. The van der Waals surface area contributed by atoms with Gasteiger partial charge < -0.3 is 31.1 Å². The molecule has 0 aliphatic heterocycles. The van der Waals surface area contributed by atoms with Gasteiger partial charge in [0.15, 0.2) is 0 Å². The molecule has 0 heterocycles. The van der Waals surface area contributed by atoms with Crippen LogP contribution in [-0.4, -0.2) is 51.6 Å². The average molecular weight is 300 g/mol. The molecule has 0 aliphatic carbocycles. The molecule has 0 amide bonds. The van der Waals surface area contributed by atoms with Gasteiger partial charge in [0.25, 0.3) is 0 Å². The molecule has 0 rings (SSSR count).